The molecule has 1 aromatic carbocycles. The standard InChI is InChI=1S/C20H21N3O4S/c1-12-13(2)28-19-18(12)20(25)23(11-21-19)10-17(24)22(3)9-14-4-5-15-16(8-14)27-7-6-26-15/h4-5,8,11H,6-7,9-10H2,1-3H3. The van der Waals surface area contributed by atoms with Crippen molar-refractivity contribution in [3.8, 4) is 11.5 Å². The van der Waals surface area contributed by atoms with Crippen molar-refractivity contribution in [1.29, 1.82) is 0 Å². The largest absolute Gasteiger partial charge is 0.486 e. The minimum Gasteiger partial charge on any atom is -0.486 e. The van der Waals surface area contributed by atoms with Gasteiger partial charge < -0.3 is 14.4 Å². The zero-order chi connectivity index (χ0) is 19.8. The number of benzene rings is 1. The minimum absolute atomic E-state index is 0.0445. The summed E-state index contributed by atoms with van der Waals surface area (Å²) in [4.78, 5) is 33.2. The summed E-state index contributed by atoms with van der Waals surface area (Å²) in [6.45, 7) is 5.31. The first-order valence-corrected chi connectivity index (χ1v) is 9.83. The summed E-state index contributed by atoms with van der Waals surface area (Å²) in [5, 5.41) is 0.604. The first kappa shape index (κ1) is 18.5. The number of fused-ring (bicyclic) bond motifs is 2. The van der Waals surface area contributed by atoms with Crippen LogP contribution >= 0.6 is 11.3 Å². The Morgan fingerprint density at radius 1 is 1.25 bits per heavy atom. The van der Waals surface area contributed by atoms with Crippen LogP contribution in [0.3, 0.4) is 0 Å². The van der Waals surface area contributed by atoms with E-state index in [0.717, 1.165) is 21.8 Å². The number of hydrogen-bond donors (Lipinski definition) is 0. The highest BCUT2D eigenvalue weighted by Crippen LogP contribution is 2.31. The van der Waals surface area contributed by atoms with Gasteiger partial charge in [0.15, 0.2) is 11.5 Å². The van der Waals surface area contributed by atoms with E-state index in [2.05, 4.69) is 4.98 Å². The van der Waals surface area contributed by atoms with Crippen molar-refractivity contribution in [3.05, 3.63) is 50.9 Å². The molecule has 0 spiro atoms. The molecule has 1 amide bonds. The third-order valence-corrected chi connectivity index (χ3v) is 6.03. The molecule has 0 saturated carbocycles. The number of hydrogen-bond acceptors (Lipinski definition) is 6. The average molecular weight is 399 g/mol. The predicted octanol–water partition coefficient (Wildman–Crippen LogP) is 2.50. The van der Waals surface area contributed by atoms with Gasteiger partial charge >= 0.3 is 0 Å². The van der Waals surface area contributed by atoms with E-state index in [1.54, 1.807) is 11.9 Å². The van der Waals surface area contributed by atoms with E-state index in [9.17, 15) is 9.59 Å². The Hall–Kier alpha value is -2.87. The molecule has 0 radical (unpaired) electrons. The third-order valence-electron chi connectivity index (χ3n) is 4.91. The highest BCUT2D eigenvalue weighted by molar-refractivity contribution is 7.18. The summed E-state index contributed by atoms with van der Waals surface area (Å²) in [7, 11) is 1.72. The Morgan fingerprint density at radius 3 is 2.79 bits per heavy atom. The molecular weight excluding hydrogens is 378 g/mol. The van der Waals surface area contributed by atoms with Gasteiger partial charge in [0.25, 0.3) is 5.56 Å². The van der Waals surface area contributed by atoms with Crippen molar-refractivity contribution in [2.24, 2.45) is 0 Å². The van der Waals surface area contributed by atoms with Gasteiger partial charge in [-0.2, -0.15) is 0 Å². The van der Waals surface area contributed by atoms with Crippen LogP contribution in [0, 0.1) is 13.8 Å². The molecular formula is C20H21N3O4S. The number of ether oxygens (including phenoxy) is 2. The van der Waals surface area contributed by atoms with Crippen LogP contribution in [0.1, 0.15) is 16.0 Å². The van der Waals surface area contributed by atoms with Gasteiger partial charge in [0, 0.05) is 18.5 Å². The number of likely N-dealkylation sites (N-methyl/N-ethyl adjacent to an activating group) is 1. The minimum atomic E-state index is -0.173. The maximum absolute atomic E-state index is 12.8. The lowest BCUT2D eigenvalue weighted by Crippen LogP contribution is -2.33. The Morgan fingerprint density at radius 2 is 2.00 bits per heavy atom. The van der Waals surface area contributed by atoms with Crippen LogP contribution in [0.25, 0.3) is 10.2 Å². The lowest BCUT2D eigenvalue weighted by atomic mass is 10.2. The van der Waals surface area contributed by atoms with E-state index in [4.69, 9.17) is 9.47 Å². The number of carbonyl (C=O) groups is 1. The molecule has 0 fully saturated rings. The van der Waals surface area contributed by atoms with Crippen molar-refractivity contribution in [2.75, 3.05) is 20.3 Å². The summed E-state index contributed by atoms with van der Waals surface area (Å²) in [6, 6.07) is 5.65. The van der Waals surface area contributed by atoms with Crippen LogP contribution in [-0.2, 0) is 17.9 Å². The molecule has 0 unspecified atom stereocenters. The molecule has 28 heavy (non-hydrogen) atoms. The SMILES string of the molecule is Cc1sc2ncn(CC(=O)N(C)Cc3ccc4c(c3)OCCO4)c(=O)c2c1C. The second kappa shape index (κ2) is 7.27. The number of aryl methyl sites for hydroxylation is 2. The molecule has 146 valence electrons. The van der Waals surface area contributed by atoms with E-state index in [-0.39, 0.29) is 18.0 Å². The number of carbonyl (C=O) groups excluding carboxylic acids is 1. The van der Waals surface area contributed by atoms with Gasteiger partial charge in [-0.25, -0.2) is 4.98 Å². The van der Waals surface area contributed by atoms with Gasteiger partial charge in [0.05, 0.1) is 11.7 Å². The molecule has 0 atom stereocenters. The number of aromatic nitrogens is 2. The second-order valence-corrected chi connectivity index (χ2v) is 8.07. The molecule has 7 nitrogen and oxygen atoms in total. The molecule has 0 N–H and O–H groups in total. The topological polar surface area (TPSA) is 73.7 Å². The van der Waals surface area contributed by atoms with Crippen molar-refractivity contribution < 1.29 is 14.3 Å². The summed E-state index contributed by atoms with van der Waals surface area (Å²) < 4.78 is 12.5. The van der Waals surface area contributed by atoms with Crippen molar-refractivity contribution in [3.63, 3.8) is 0 Å². The fourth-order valence-electron chi connectivity index (χ4n) is 3.20. The fourth-order valence-corrected chi connectivity index (χ4v) is 4.18. The highest BCUT2D eigenvalue weighted by Gasteiger charge is 2.17. The molecule has 8 heteroatoms. The molecule has 0 saturated heterocycles. The van der Waals surface area contributed by atoms with E-state index in [1.807, 2.05) is 32.0 Å². The van der Waals surface area contributed by atoms with Crippen LogP contribution in [-0.4, -0.2) is 40.6 Å². The van der Waals surface area contributed by atoms with Gasteiger partial charge in [-0.3, -0.25) is 14.2 Å². The predicted molar refractivity (Wildman–Crippen MR) is 107 cm³/mol. The Kier molecular flexibility index (Phi) is 4.80. The van der Waals surface area contributed by atoms with Gasteiger partial charge in [0.2, 0.25) is 5.91 Å². The van der Waals surface area contributed by atoms with E-state index in [0.29, 0.717) is 35.7 Å². The van der Waals surface area contributed by atoms with Crippen LogP contribution in [0.2, 0.25) is 0 Å². The highest BCUT2D eigenvalue weighted by atomic mass is 32.1. The van der Waals surface area contributed by atoms with Crippen LogP contribution in [0.4, 0.5) is 0 Å². The van der Waals surface area contributed by atoms with E-state index in [1.165, 1.54) is 22.2 Å². The molecule has 4 rings (SSSR count). The van der Waals surface area contributed by atoms with Gasteiger partial charge in [-0.05, 0) is 37.1 Å². The molecule has 3 heterocycles. The van der Waals surface area contributed by atoms with Gasteiger partial charge in [-0.15, -0.1) is 11.3 Å². The molecule has 0 bridgehead atoms. The molecule has 0 aliphatic carbocycles. The van der Waals surface area contributed by atoms with Crippen LogP contribution in [0.5, 0.6) is 11.5 Å². The monoisotopic (exact) mass is 399 g/mol. The lowest BCUT2D eigenvalue weighted by molar-refractivity contribution is -0.131. The molecule has 3 aromatic rings. The van der Waals surface area contributed by atoms with Gasteiger partial charge in [-0.1, -0.05) is 6.07 Å². The van der Waals surface area contributed by atoms with Crippen molar-refractivity contribution >= 4 is 27.5 Å². The molecule has 2 aromatic heterocycles. The molecule has 1 aliphatic heterocycles. The first-order valence-electron chi connectivity index (χ1n) is 9.01. The first-order chi connectivity index (χ1) is 13.4. The van der Waals surface area contributed by atoms with Crippen LogP contribution < -0.4 is 15.0 Å². The van der Waals surface area contributed by atoms with E-state index < -0.39 is 0 Å². The Labute approximate surface area is 166 Å². The third kappa shape index (κ3) is 3.35. The summed E-state index contributed by atoms with van der Waals surface area (Å²) in [5.41, 5.74) is 1.70. The maximum Gasteiger partial charge on any atom is 0.262 e. The number of thiophene rings is 1. The number of amides is 1. The zero-order valence-electron chi connectivity index (χ0n) is 16.0. The van der Waals surface area contributed by atoms with Crippen molar-refractivity contribution in [2.45, 2.75) is 26.9 Å². The molecule has 1 aliphatic rings. The van der Waals surface area contributed by atoms with E-state index >= 15 is 0 Å². The summed E-state index contributed by atoms with van der Waals surface area (Å²) in [5.74, 6) is 1.25. The number of nitrogens with zero attached hydrogens (tertiary/aromatic N) is 3. The smallest absolute Gasteiger partial charge is 0.262 e. The Bertz CT molecular complexity index is 1120. The average Bonchev–Trinajstić information content (AvgIpc) is 2.98. The normalized spacial score (nSPS) is 13.0. The fraction of sp³-hybridized carbons (Fsp3) is 0.350. The maximum atomic E-state index is 12.8. The second-order valence-electron chi connectivity index (χ2n) is 6.87. The Balaban J connectivity index is 1.50. The van der Waals surface area contributed by atoms with Gasteiger partial charge in [0.1, 0.15) is 24.6 Å². The number of rotatable bonds is 4. The quantitative estimate of drug-likeness (QED) is 0.674. The lowest BCUT2D eigenvalue weighted by Gasteiger charge is -2.21. The van der Waals surface area contributed by atoms with Crippen molar-refractivity contribution in [1.82, 2.24) is 14.5 Å². The summed E-state index contributed by atoms with van der Waals surface area (Å²) in [6.07, 6.45) is 1.45. The van der Waals surface area contributed by atoms with Crippen LogP contribution in [0.15, 0.2) is 29.3 Å². The summed E-state index contributed by atoms with van der Waals surface area (Å²) >= 11 is 1.50. The zero-order valence-corrected chi connectivity index (χ0v) is 16.8.